The summed E-state index contributed by atoms with van der Waals surface area (Å²) in [7, 11) is 0. The maximum Gasteiger partial charge on any atom is 0.161 e. The molecular weight excluding hydrogens is 260 g/mol. The van der Waals surface area contributed by atoms with Crippen LogP contribution in [0.2, 0.25) is 0 Å². The van der Waals surface area contributed by atoms with Crippen molar-refractivity contribution >= 4 is 12.6 Å². The third-order valence-corrected chi connectivity index (χ3v) is 4.24. The van der Waals surface area contributed by atoms with Crippen molar-refractivity contribution in [1.29, 1.82) is 0 Å². The Kier molecular flexibility index (Phi) is 5.40. The summed E-state index contributed by atoms with van der Waals surface area (Å²) in [5.41, 5.74) is 0.126. The van der Waals surface area contributed by atoms with Gasteiger partial charge >= 0.3 is 0 Å². The first-order valence-corrected chi connectivity index (χ1v) is 7.46. The Morgan fingerprint density at radius 3 is 2.37 bits per heavy atom. The van der Waals surface area contributed by atoms with Gasteiger partial charge in [-0.1, -0.05) is 12.1 Å². The van der Waals surface area contributed by atoms with Gasteiger partial charge in [0, 0.05) is 18.6 Å². The van der Waals surface area contributed by atoms with Crippen LogP contribution in [0.5, 0.6) is 11.5 Å². The molecule has 0 aliphatic carbocycles. The molecular formula is C15H22O3S. The Morgan fingerprint density at radius 2 is 1.79 bits per heavy atom. The molecule has 0 unspecified atom stereocenters. The maximum atomic E-state index is 5.99. The lowest BCUT2D eigenvalue weighted by Crippen LogP contribution is -2.36. The van der Waals surface area contributed by atoms with E-state index in [4.69, 9.17) is 14.2 Å². The van der Waals surface area contributed by atoms with Gasteiger partial charge in [-0.3, -0.25) is 0 Å². The summed E-state index contributed by atoms with van der Waals surface area (Å²) in [6.07, 6.45) is 2.01. The number of hydrogen-bond donors (Lipinski definition) is 1. The maximum absolute atomic E-state index is 5.99. The van der Waals surface area contributed by atoms with Crippen LogP contribution in [-0.2, 0) is 4.74 Å². The fourth-order valence-corrected chi connectivity index (χ4v) is 2.64. The predicted molar refractivity (Wildman–Crippen MR) is 79.4 cm³/mol. The third kappa shape index (κ3) is 3.80. The second-order valence-electron chi connectivity index (χ2n) is 4.94. The Morgan fingerprint density at radius 1 is 1.16 bits per heavy atom. The molecule has 0 spiro atoms. The second kappa shape index (κ2) is 7.06. The molecule has 106 valence electrons. The van der Waals surface area contributed by atoms with E-state index in [1.54, 1.807) is 0 Å². The first kappa shape index (κ1) is 14.5. The zero-order valence-electron chi connectivity index (χ0n) is 11.4. The highest BCUT2D eigenvalue weighted by Gasteiger charge is 2.32. The van der Waals surface area contributed by atoms with Crippen molar-refractivity contribution in [3.63, 3.8) is 0 Å². The molecule has 0 saturated carbocycles. The molecule has 1 aliphatic rings. The number of rotatable bonds is 6. The van der Waals surface area contributed by atoms with E-state index in [-0.39, 0.29) is 5.41 Å². The second-order valence-corrected chi connectivity index (χ2v) is 5.26. The molecule has 0 bridgehead atoms. The molecule has 19 heavy (non-hydrogen) atoms. The monoisotopic (exact) mass is 282 g/mol. The van der Waals surface area contributed by atoms with E-state index in [9.17, 15) is 0 Å². The minimum atomic E-state index is 0.126. The van der Waals surface area contributed by atoms with E-state index < -0.39 is 0 Å². The van der Waals surface area contributed by atoms with Crippen LogP contribution >= 0.6 is 12.6 Å². The normalized spacial score (nSPS) is 18.0. The molecule has 0 radical (unpaired) electrons. The Hall–Kier alpha value is -0.870. The fraction of sp³-hybridized carbons (Fsp3) is 0.600. The average Bonchev–Trinajstić information content (AvgIpc) is 2.48. The number of para-hydroxylation sites is 2. The molecule has 0 amide bonds. The summed E-state index contributed by atoms with van der Waals surface area (Å²) in [6.45, 7) is 4.90. The van der Waals surface area contributed by atoms with E-state index >= 15 is 0 Å². The smallest absolute Gasteiger partial charge is 0.161 e. The van der Waals surface area contributed by atoms with Crippen molar-refractivity contribution in [3.8, 4) is 11.5 Å². The molecule has 2 rings (SSSR count). The van der Waals surface area contributed by atoms with E-state index in [1.807, 2.05) is 31.2 Å². The zero-order chi connectivity index (χ0) is 13.6. The quantitative estimate of drug-likeness (QED) is 0.812. The minimum absolute atomic E-state index is 0.126. The highest BCUT2D eigenvalue weighted by Crippen LogP contribution is 2.34. The van der Waals surface area contributed by atoms with E-state index in [1.165, 1.54) is 0 Å². The van der Waals surface area contributed by atoms with Crippen LogP contribution in [0.1, 0.15) is 19.8 Å². The van der Waals surface area contributed by atoms with E-state index in [0.717, 1.165) is 43.3 Å². The van der Waals surface area contributed by atoms with Gasteiger partial charge in [0.05, 0.1) is 13.2 Å². The van der Waals surface area contributed by atoms with Crippen LogP contribution < -0.4 is 9.47 Å². The summed E-state index contributed by atoms with van der Waals surface area (Å²) in [5.74, 6) is 2.45. The van der Waals surface area contributed by atoms with Gasteiger partial charge in [-0.2, -0.15) is 12.6 Å². The zero-order valence-corrected chi connectivity index (χ0v) is 12.3. The Bertz CT molecular complexity index is 389. The Balaban J connectivity index is 2.00. The van der Waals surface area contributed by atoms with Gasteiger partial charge < -0.3 is 14.2 Å². The molecule has 1 aromatic rings. The molecule has 1 aromatic carbocycles. The fourth-order valence-electron chi connectivity index (χ4n) is 2.23. The van der Waals surface area contributed by atoms with Crippen LogP contribution in [0.4, 0.5) is 0 Å². The summed E-state index contributed by atoms with van der Waals surface area (Å²) >= 11 is 4.50. The molecule has 0 aromatic heterocycles. The lowest BCUT2D eigenvalue weighted by Gasteiger charge is -2.35. The minimum Gasteiger partial charge on any atom is -0.490 e. The highest BCUT2D eigenvalue weighted by atomic mass is 32.1. The van der Waals surface area contributed by atoms with Gasteiger partial charge in [-0.25, -0.2) is 0 Å². The van der Waals surface area contributed by atoms with Crippen LogP contribution in [-0.4, -0.2) is 32.2 Å². The van der Waals surface area contributed by atoms with Gasteiger partial charge in [0.2, 0.25) is 0 Å². The number of hydrogen-bond acceptors (Lipinski definition) is 4. The topological polar surface area (TPSA) is 27.7 Å². The van der Waals surface area contributed by atoms with Crippen molar-refractivity contribution in [2.24, 2.45) is 5.41 Å². The molecule has 0 N–H and O–H groups in total. The molecule has 1 aliphatic heterocycles. The van der Waals surface area contributed by atoms with Gasteiger partial charge in [0.15, 0.2) is 11.5 Å². The number of benzene rings is 1. The molecule has 1 saturated heterocycles. The first-order chi connectivity index (χ1) is 9.29. The van der Waals surface area contributed by atoms with Crippen LogP contribution in [0.15, 0.2) is 24.3 Å². The van der Waals surface area contributed by atoms with Crippen molar-refractivity contribution in [2.75, 3.05) is 32.2 Å². The summed E-state index contributed by atoms with van der Waals surface area (Å²) in [6, 6.07) is 7.82. The van der Waals surface area contributed by atoms with Gasteiger partial charge in [0.25, 0.3) is 0 Å². The summed E-state index contributed by atoms with van der Waals surface area (Å²) < 4.78 is 17.0. The van der Waals surface area contributed by atoms with Crippen molar-refractivity contribution in [3.05, 3.63) is 24.3 Å². The molecule has 1 fully saturated rings. The van der Waals surface area contributed by atoms with Gasteiger partial charge in [-0.15, -0.1) is 0 Å². The lowest BCUT2D eigenvalue weighted by molar-refractivity contribution is 0.00262. The highest BCUT2D eigenvalue weighted by molar-refractivity contribution is 7.80. The first-order valence-electron chi connectivity index (χ1n) is 6.83. The van der Waals surface area contributed by atoms with Crippen molar-refractivity contribution in [1.82, 2.24) is 0 Å². The SMILES string of the molecule is CCOc1ccccc1OCC1(CS)CCOCC1. The largest absolute Gasteiger partial charge is 0.490 e. The third-order valence-electron chi connectivity index (χ3n) is 3.57. The van der Waals surface area contributed by atoms with Gasteiger partial charge in [-0.05, 0) is 37.7 Å². The van der Waals surface area contributed by atoms with Crippen LogP contribution in [0, 0.1) is 5.41 Å². The summed E-state index contributed by atoms with van der Waals surface area (Å²) in [5, 5.41) is 0. The van der Waals surface area contributed by atoms with Crippen LogP contribution in [0.3, 0.4) is 0 Å². The molecule has 3 nitrogen and oxygen atoms in total. The lowest BCUT2D eigenvalue weighted by atomic mass is 9.83. The van der Waals surface area contributed by atoms with Crippen molar-refractivity contribution < 1.29 is 14.2 Å². The van der Waals surface area contributed by atoms with Crippen LogP contribution in [0.25, 0.3) is 0 Å². The molecule has 1 heterocycles. The predicted octanol–water partition coefficient (Wildman–Crippen LogP) is 3.19. The van der Waals surface area contributed by atoms with E-state index in [0.29, 0.717) is 13.2 Å². The van der Waals surface area contributed by atoms with Gasteiger partial charge in [0.1, 0.15) is 0 Å². The summed E-state index contributed by atoms with van der Waals surface area (Å²) in [4.78, 5) is 0. The molecule has 4 heteroatoms. The molecule has 0 atom stereocenters. The Labute approximate surface area is 120 Å². The van der Waals surface area contributed by atoms with Crippen molar-refractivity contribution in [2.45, 2.75) is 19.8 Å². The van der Waals surface area contributed by atoms with E-state index in [2.05, 4.69) is 12.6 Å². The number of ether oxygens (including phenoxy) is 3. The number of thiol groups is 1. The average molecular weight is 282 g/mol. The standard InChI is InChI=1S/C15H22O3S/c1-2-17-13-5-3-4-6-14(13)18-11-15(12-19)7-9-16-10-8-15/h3-6,19H,2,7-12H2,1H3.